The van der Waals surface area contributed by atoms with Gasteiger partial charge >= 0.3 is 0 Å². The third-order valence-electron chi connectivity index (χ3n) is 3.34. The molecule has 0 saturated heterocycles. The Balaban J connectivity index is 2.27. The summed E-state index contributed by atoms with van der Waals surface area (Å²) >= 11 is 17.6. The summed E-state index contributed by atoms with van der Waals surface area (Å²) in [5, 5.41) is 9.70. The van der Waals surface area contributed by atoms with Crippen molar-refractivity contribution >= 4 is 41.0 Å². The first-order chi connectivity index (χ1) is 11.0. The Bertz CT molecular complexity index is 702. The van der Waals surface area contributed by atoms with E-state index in [0.29, 0.717) is 11.5 Å². The zero-order valence-electron chi connectivity index (χ0n) is 12.5. The second-order valence-corrected chi connectivity index (χ2v) is 6.57. The zero-order valence-corrected chi connectivity index (χ0v) is 14.8. The van der Waals surface area contributed by atoms with Crippen molar-refractivity contribution in [3.05, 3.63) is 74.7 Å². The first-order valence-electron chi connectivity index (χ1n) is 7.04. The van der Waals surface area contributed by atoms with E-state index in [1.54, 1.807) is 30.5 Å². The highest BCUT2D eigenvalue weighted by atomic mass is 35.5. The summed E-state index contributed by atoms with van der Waals surface area (Å²) in [5.74, 6) is 0.220. The normalized spacial score (nSPS) is 12.3. The highest BCUT2D eigenvalue weighted by Gasteiger charge is 2.13. The number of rotatable bonds is 5. The van der Waals surface area contributed by atoms with Crippen LogP contribution < -0.4 is 0 Å². The van der Waals surface area contributed by atoms with Crippen LogP contribution in [0.1, 0.15) is 29.2 Å². The first-order valence-corrected chi connectivity index (χ1v) is 8.17. The monoisotopic (exact) mass is 367 g/mol. The van der Waals surface area contributed by atoms with Crippen molar-refractivity contribution in [2.24, 2.45) is 4.99 Å². The minimum atomic E-state index is -0.190. The lowest BCUT2D eigenvalue weighted by molar-refractivity contribution is 0.475. The zero-order chi connectivity index (χ0) is 16.8. The summed E-state index contributed by atoms with van der Waals surface area (Å²) in [4.78, 5) is 4.60. The van der Waals surface area contributed by atoms with Crippen LogP contribution in [0.4, 0.5) is 0 Å². The number of hydrogen-bond acceptors (Lipinski definition) is 2. The van der Waals surface area contributed by atoms with Gasteiger partial charge in [-0.1, -0.05) is 64.6 Å². The number of aliphatic imine (C=N–C) groups is 1. The number of aromatic hydroxyl groups is 1. The molecule has 0 bridgehead atoms. The molecule has 0 aliphatic heterocycles. The van der Waals surface area contributed by atoms with Crippen molar-refractivity contribution in [3.63, 3.8) is 0 Å². The third kappa shape index (κ3) is 5.58. The van der Waals surface area contributed by atoms with E-state index in [-0.39, 0.29) is 16.3 Å². The van der Waals surface area contributed by atoms with Gasteiger partial charge in [0.15, 0.2) is 0 Å². The highest BCUT2D eigenvalue weighted by Crippen LogP contribution is 2.31. The van der Waals surface area contributed by atoms with Crippen LogP contribution in [-0.2, 0) is 0 Å². The SMILES string of the molecule is Cc1ccc(C(CC(Cl)=C(Cl)Cl)N=Cc2ccc(O)cc2)cc1. The van der Waals surface area contributed by atoms with Crippen LogP contribution in [0, 0.1) is 6.92 Å². The van der Waals surface area contributed by atoms with Gasteiger partial charge in [-0.25, -0.2) is 0 Å². The van der Waals surface area contributed by atoms with E-state index < -0.39 is 0 Å². The van der Waals surface area contributed by atoms with Gasteiger partial charge in [-0.2, -0.15) is 0 Å². The second-order valence-electron chi connectivity index (χ2n) is 5.17. The summed E-state index contributed by atoms with van der Waals surface area (Å²) in [6.45, 7) is 2.03. The number of benzene rings is 2. The number of halogens is 3. The fourth-order valence-electron chi connectivity index (χ4n) is 2.03. The molecule has 0 aliphatic rings. The Morgan fingerprint density at radius 2 is 1.65 bits per heavy atom. The maximum atomic E-state index is 9.32. The topological polar surface area (TPSA) is 32.6 Å². The standard InChI is InChI=1S/C18H16Cl3NO/c1-12-2-6-14(7-3-12)17(10-16(19)18(20)21)22-11-13-4-8-15(23)9-5-13/h2-9,11,17,23H,10H2,1H3. The van der Waals surface area contributed by atoms with E-state index in [1.807, 2.05) is 31.2 Å². The van der Waals surface area contributed by atoms with Crippen LogP contribution in [0.25, 0.3) is 0 Å². The predicted octanol–water partition coefficient (Wildman–Crippen LogP) is 6.14. The maximum absolute atomic E-state index is 9.32. The number of hydrogen-bond donors (Lipinski definition) is 1. The van der Waals surface area contributed by atoms with Gasteiger partial charge in [0, 0.05) is 12.6 Å². The number of phenols is 1. The summed E-state index contributed by atoms with van der Waals surface area (Å²) in [5.41, 5.74) is 3.09. The van der Waals surface area contributed by atoms with Crippen molar-refractivity contribution in [3.8, 4) is 5.75 Å². The molecule has 0 aliphatic carbocycles. The summed E-state index contributed by atoms with van der Waals surface area (Å²) < 4.78 is 0.0589. The molecule has 0 aromatic heterocycles. The van der Waals surface area contributed by atoms with Gasteiger partial charge in [-0.05, 0) is 42.3 Å². The molecule has 0 radical (unpaired) electrons. The van der Waals surface area contributed by atoms with Gasteiger partial charge in [0.25, 0.3) is 0 Å². The van der Waals surface area contributed by atoms with Crippen LogP contribution in [0.5, 0.6) is 5.75 Å². The third-order valence-corrected chi connectivity index (χ3v) is 4.33. The lowest BCUT2D eigenvalue weighted by Gasteiger charge is -2.13. The van der Waals surface area contributed by atoms with Crippen molar-refractivity contribution in [2.45, 2.75) is 19.4 Å². The second kappa shape index (κ2) is 8.39. The van der Waals surface area contributed by atoms with Gasteiger partial charge in [0.05, 0.1) is 11.1 Å². The molecule has 1 N–H and O–H groups in total. The minimum Gasteiger partial charge on any atom is -0.508 e. The molecule has 2 nitrogen and oxygen atoms in total. The Morgan fingerprint density at radius 1 is 1.04 bits per heavy atom. The van der Waals surface area contributed by atoms with Crippen LogP contribution in [0.3, 0.4) is 0 Å². The molecule has 5 heteroatoms. The minimum absolute atomic E-state index is 0.0589. The van der Waals surface area contributed by atoms with E-state index in [1.165, 1.54) is 5.56 Å². The summed E-state index contributed by atoms with van der Waals surface area (Å²) in [7, 11) is 0. The molecule has 120 valence electrons. The molecule has 2 aromatic rings. The molecule has 2 rings (SSSR count). The van der Waals surface area contributed by atoms with Crippen LogP contribution in [0.2, 0.25) is 0 Å². The number of aryl methyl sites for hydroxylation is 1. The molecular formula is C18H16Cl3NO. The molecule has 0 saturated carbocycles. The predicted molar refractivity (Wildman–Crippen MR) is 98.8 cm³/mol. The molecule has 0 heterocycles. The molecule has 1 unspecified atom stereocenters. The van der Waals surface area contributed by atoms with Crippen LogP contribution in [-0.4, -0.2) is 11.3 Å². The maximum Gasteiger partial charge on any atom is 0.121 e. The first kappa shape index (κ1) is 17.9. The van der Waals surface area contributed by atoms with Crippen LogP contribution in [0.15, 0.2) is 63.0 Å². The average molecular weight is 369 g/mol. The quantitative estimate of drug-likeness (QED) is 0.632. The van der Waals surface area contributed by atoms with E-state index in [9.17, 15) is 5.11 Å². The smallest absolute Gasteiger partial charge is 0.121 e. The Kier molecular flexibility index (Phi) is 6.52. The van der Waals surface area contributed by atoms with Gasteiger partial charge in [0.2, 0.25) is 0 Å². The van der Waals surface area contributed by atoms with Crippen LogP contribution >= 0.6 is 34.8 Å². The van der Waals surface area contributed by atoms with E-state index in [0.717, 1.165) is 11.1 Å². The molecule has 1 atom stereocenters. The lowest BCUT2D eigenvalue weighted by atomic mass is 10.0. The Hall–Kier alpha value is -1.48. The van der Waals surface area contributed by atoms with E-state index in [4.69, 9.17) is 34.8 Å². The van der Waals surface area contributed by atoms with Crippen molar-refractivity contribution in [2.75, 3.05) is 0 Å². The Labute approximate surface area is 151 Å². The fraction of sp³-hybridized carbons (Fsp3) is 0.167. The van der Waals surface area contributed by atoms with Gasteiger partial charge < -0.3 is 5.11 Å². The largest absolute Gasteiger partial charge is 0.508 e. The van der Waals surface area contributed by atoms with Gasteiger partial charge in [0.1, 0.15) is 10.2 Å². The fourth-order valence-corrected chi connectivity index (χ4v) is 2.33. The molecule has 23 heavy (non-hydrogen) atoms. The van der Waals surface area contributed by atoms with Crippen molar-refractivity contribution in [1.82, 2.24) is 0 Å². The highest BCUT2D eigenvalue weighted by molar-refractivity contribution is 6.59. The van der Waals surface area contributed by atoms with E-state index in [2.05, 4.69) is 4.99 Å². The average Bonchev–Trinajstić information content (AvgIpc) is 2.53. The molecule has 0 amide bonds. The molecule has 0 spiro atoms. The number of phenolic OH excluding ortho intramolecular Hbond substituents is 1. The van der Waals surface area contributed by atoms with Crippen molar-refractivity contribution < 1.29 is 5.11 Å². The molecule has 2 aromatic carbocycles. The molecular weight excluding hydrogens is 353 g/mol. The summed E-state index contributed by atoms with van der Waals surface area (Å²) in [6, 6.07) is 14.7. The lowest BCUT2D eigenvalue weighted by Crippen LogP contribution is -1.98. The summed E-state index contributed by atoms with van der Waals surface area (Å²) in [6.07, 6.45) is 2.16. The van der Waals surface area contributed by atoms with Gasteiger partial charge in [-0.15, -0.1) is 0 Å². The van der Waals surface area contributed by atoms with Crippen molar-refractivity contribution in [1.29, 1.82) is 0 Å². The van der Waals surface area contributed by atoms with Gasteiger partial charge in [-0.3, -0.25) is 4.99 Å². The Morgan fingerprint density at radius 3 is 2.22 bits per heavy atom. The molecule has 0 fully saturated rings. The van der Waals surface area contributed by atoms with E-state index >= 15 is 0 Å². The number of nitrogens with zero attached hydrogens (tertiary/aromatic N) is 1.